The summed E-state index contributed by atoms with van der Waals surface area (Å²) in [6.07, 6.45) is 2.95. The van der Waals surface area contributed by atoms with Crippen molar-refractivity contribution in [3.05, 3.63) is 29.8 Å². The van der Waals surface area contributed by atoms with Crippen LogP contribution in [0.15, 0.2) is 24.3 Å². The van der Waals surface area contributed by atoms with Crippen molar-refractivity contribution in [3.8, 4) is 0 Å². The molecule has 2 amide bonds. The summed E-state index contributed by atoms with van der Waals surface area (Å²) in [6, 6.07) is 8.92. The van der Waals surface area contributed by atoms with Crippen molar-refractivity contribution in [2.45, 2.75) is 32.2 Å². The highest BCUT2D eigenvalue weighted by molar-refractivity contribution is 8.00. The van der Waals surface area contributed by atoms with Crippen molar-refractivity contribution in [1.29, 1.82) is 0 Å². The van der Waals surface area contributed by atoms with Crippen molar-refractivity contribution in [3.63, 3.8) is 0 Å². The Morgan fingerprint density at radius 3 is 2.79 bits per heavy atom. The van der Waals surface area contributed by atoms with Gasteiger partial charge in [0.05, 0.1) is 11.6 Å². The van der Waals surface area contributed by atoms with Crippen LogP contribution in [0.1, 0.15) is 25.3 Å². The van der Waals surface area contributed by atoms with Gasteiger partial charge in [-0.1, -0.05) is 19.1 Å². The van der Waals surface area contributed by atoms with Crippen LogP contribution in [0.4, 0.5) is 5.69 Å². The first-order chi connectivity index (χ1) is 11.7. The van der Waals surface area contributed by atoms with Crippen LogP contribution in [0.2, 0.25) is 0 Å². The minimum absolute atomic E-state index is 0.0303. The first kappa shape index (κ1) is 17.1. The number of benzene rings is 1. The lowest BCUT2D eigenvalue weighted by Gasteiger charge is -2.34. The predicted octanol–water partition coefficient (Wildman–Crippen LogP) is 1.87. The summed E-state index contributed by atoms with van der Waals surface area (Å²) < 4.78 is 0. The monoisotopic (exact) mass is 347 g/mol. The molecule has 1 aromatic rings. The van der Waals surface area contributed by atoms with E-state index in [9.17, 15) is 9.59 Å². The van der Waals surface area contributed by atoms with E-state index in [1.54, 1.807) is 16.7 Å². The fourth-order valence-electron chi connectivity index (χ4n) is 3.24. The second-order valence-electron chi connectivity index (χ2n) is 6.42. The number of aryl methyl sites for hydroxylation is 1. The Morgan fingerprint density at radius 1 is 1.33 bits per heavy atom. The van der Waals surface area contributed by atoms with Crippen LogP contribution in [0.25, 0.3) is 0 Å². The molecule has 2 heterocycles. The van der Waals surface area contributed by atoms with Gasteiger partial charge in [0.1, 0.15) is 6.54 Å². The van der Waals surface area contributed by atoms with E-state index in [2.05, 4.69) is 41.4 Å². The lowest BCUT2D eigenvalue weighted by molar-refractivity contribution is -0.132. The number of hydrogen-bond acceptors (Lipinski definition) is 4. The number of rotatable bonds is 5. The molecule has 3 rings (SSSR count). The van der Waals surface area contributed by atoms with Crippen molar-refractivity contribution in [2.75, 3.05) is 36.2 Å². The average Bonchev–Trinajstić information content (AvgIpc) is 3.00. The van der Waals surface area contributed by atoms with Crippen LogP contribution in [-0.4, -0.2) is 54.0 Å². The standard InChI is InChI=1S/C18H25N3O2S/c1-2-14-4-3-5-16(10-14)20-8-6-15(7-9-20)19-17(22)11-21-13-24-12-18(21)23/h3-5,10,15H,2,6-9,11-13H2,1H3,(H,19,22). The van der Waals surface area contributed by atoms with E-state index < -0.39 is 0 Å². The third-order valence-corrected chi connectivity index (χ3v) is 5.65. The number of nitrogens with zero attached hydrogens (tertiary/aromatic N) is 2. The summed E-state index contributed by atoms with van der Waals surface area (Å²) >= 11 is 1.57. The summed E-state index contributed by atoms with van der Waals surface area (Å²) in [6.45, 7) is 4.28. The van der Waals surface area contributed by atoms with Crippen molar-refractivity contribution in [2.24, 2.45) is 0 Å². The maximum absolute atomic E-state index is 12.1. The molecule has 6 heteroatoms. The van der Waals surface area contributed by atoms with Crippen LogP contribution < -0.4 is 10.2 Å². The van der Waals surface area contributed by atoms with Gasteiger partial charge in [-0.15, -0.1) is 11.8 Å². The van der Waals surface area contributed by atoms with Crippen molar-refractivity contribution < 1.29 is 9.59 Å². The van der Waals surface area contributed by atoms with E-state index in [-0.39, 0.29) is 24.4 Å². The molecule has 0 atom stereocenters. The maximum Gasteiger partial charge on any atom is 0.239 e. The molecule has 0 radical (unpaired) electrons. The molecule has 5 nitrogen and oxygen atoms in total. The largest absolute Gasteiger partial charge is 0.371 e. The number of thioether (sulfide) groups is 1. The van der Waals surface area contributed by atoms with Gasteiger partial charge in [0.2, 0.25) is 11.8 Å². The molecular formula is C18H25N3O2S. The van der Waals surface area contributed by atoms with E-state index in [0.29, 0.717) is 11.6 Å². The van der Waals surface area contributed by atoms with Gasteiger partial charge >= 0.3 is 0 Å². The average molecular weight is 347 g/mol. The highest BCUT2D eigenvalue weighted by Crippen LogP contribution is 2.21. The zero-order chi connectivity index (χ0) is 16.9. The normalized spacial score (nSPS) is 19.0. The molecular weight excluding hydrogens is 322 g/mol. The Balaban J connectivity index is 1.46. The van der Waals surface area contributed by atoms with Gasteiger partial charge < -0.3 is 15.1 Å². The van der Waals surface area contributed by atoms with E-state index in [1.165, 1.54) is 11.3 Å². The third kappa shape index (κ3) is 4.23. The number of carbonyl (C=O) groups is 2. The van der Waals surface area contributed by atoms with Gasteiger partial charge in [-0.25, -0.2) is 0 Å². The van der Waals surface area contributed by atoms with Gasteiger partial charge in [0, 0.05) is 24.8 Å². The topological polar surface area (TPSA) is 52.7 Å². The third-order valence-electron chi connectivity index (χ3n) is 4.70. The Kier molecular flexibility index (Phi) is 5.66. The molecule has 0 aliphatic carbocycles. The lowest BCUT2D eigenvalue weighted by atomic mass is 10.0. The summed E-state index contributed by atoms with van der Waals surface area (Å²) in [7, 11) is 0. The number of anilines is 1. The molecule has 0 spiro atoms. The molecule has 2 fully saturated rings. The quantitative estimate of drug-likeness (QED) is 0.883. The molecule has 0 bridgehead atoms. The van der Waals surface area contributed by atoms with E-state index in [0.717, 1.165) is 32.4 Å². The van der Waals surface area contributed by atoms with Gasteiger partial charge in [-0.05, 0) is 37.0 Å². The van der Waals surface area contributed by atoms with Crippen molar-refractivity contribution in [1.82, 2.24) is 10.2 Å². The number of carbonyl (C=O) groups excluding carboxylic acids is 2. The van der Waals surface area contributed by atoms with Crippen LogP contribution in [0, 0.1) is 0 Å². The highest BCUT2D eigenvalue weighted by atomic mass is 32.2. The van der Waals surface area contributed by atoms with Gasteiger partial charge in [0.15, 0.2) is 0 Å². The molecule has 24 heavy (non-hydrogen) atoms. The minimum Gasteiger partial charge on any atom is -0.371 e. The minimum atomic E-state index is -0.0303. The zero-order valence-electron chi connectivity index (χ0n) is 14.2. The second-order valence-corrected chi connectivity index (χ2v) is 7.38. The molecule has 0 aromatic heterocycles. The fourth-order valence-corrected chi connectivity index (χ4v) is 4.15. The van der Waals surface area contributed by atoms with Crippen LogP contribution in [0.3, 0.4) is 0 Å². The van der Waals surface area contributed by atoms with Crippen LogP contribution in [-0.2, 0) is 16.0 Å². The zero-order valence-corrected chi connectivity index (χ0v) is 15.0. The lowest BCUT2D eigenvalue weighted by Crippen LogP contribution is -2.47. The SMILES string of the molecule is CCc1cccc(N2CCC(NC(=O)CN3CSCC3=O)CC2)c1. The molecule has 2 aliphatic rings. The molecule has 2 aliphatic heterocycles. The van der Waals surface area contributed by atoms with Gasteiger partial charge in [-0.3, -0.25) is 9.59 Å². The van der Waals surface area contributed by atoms with E-state index in [1.807, 2.05) is 0 Å². The molecule has 0 unspecified atom stereocenters. The highest BCUT2D eigenvalue weighted by Gasteiger charge is 2.25. The number of piperidine rings is 1. The summed E-state index contributed by atoms with van der Waals surface area (Å²) in [5.41, 5.74) is 2.63. The molecule has 1 N–H and O–H groups in total. The number of nitrogens with one attached hydrogen (secondary N) is 1. The van der Waals surface area contributed by atoms with Crippen molar-refractivity contribution >= 4 is 29.3 Å². The Hall–Kier alpha value is -1.69. The fraction of sp³-hybridized carbons (Fsp3) is 0.556. The van der Waals surface area contributed by atoms with Gasteiger partial charge in [-0.2, -0.15) is 0 Å². The molecule has 130 valence electrons. The van der Waals surface area contributed by atoms with Gasteiger partial charge in [0.25, 0.3) is 0 Å². The number of amides is 2. The smallest absolute Gasteiger partial charge is 0.239 e. The summed E-state index contributed by atoms with van der Waals surface area (Å²) in [4.78, 5) is 27.7. The molecule has 1 aromatic carbocycles. The first-order valence-corrected chi connectivity index (χ1v) is 9.80. The summed E-state index contributed by atoms with van der Waals surface area (Å²) in [5, 5.41) is 3.09. The maximum atomic E-state index is 12.1. The van der Waals surface area contributed by atoms with E-state index >= 15 is 0 Å². The van der Waals surface area contributed by atoms with E-state index in [4.69, 9.17) is 0 Å². The Morgan fingerprint density at radius 2 is 2.12 bits per heavy atom. The Labute approximate surface area is 147 Å². The Bertz CT molecular complexity index is 600. The van der Waals surface area contributed by atoms with Crippen LogP contribution in [0.5, 0.6) is 0 Å². The number of hydrogen-bond donors (Lipinski definition) is 1. The van der Waals surface area contributed by atoms with Crippen LogP contribution >= 0.6 is 11.8 Å². The summed E-state index contributed by atoms with van der Waals surface area (Å²) in [5.74, 6) is 1.18. The second kappa shape index (κ2) is 7.92. The molecule has 2 saturated heterocycles. The first-order valence-electron chi connectivity index (χ1n) is 8.64. The predicted molar refractivity (Wildman–Crippen MR) is 98.2 cm³/mol. The molecule has 0 saturated carbocycles.